The molecule has 3 rings (SSSR count). The van der Waals surface area contributed by atoms with Crippen molar-refractivity contribution in [3.05, 3.63) is 41.7 Å². The highest BCUT2D eigenvalue weighted by molar-refractivity contribution is 5.85. The third kappa shape index (κ3) is 3.85. The van der Waals surface area contributed by atoms with E-state index in [0.29, 0.717) is 11.3 Å². The molecule has 1 saturated carbocycles. The van der Waals surface area contributed by atoms with Gasteiger partial charge in [-0.05, 0) is 66.7 Å². The van der Waals surface area contributed by atoms with Crippen LogP contribution in [-0.4, -0.2) is 5.11 Å². The molecule has 0 bridgehead atoms. The summed E-state index contributed by atoms with van der Waals surface area (Å²) in [6.07, 6.45) is 10.3. The Kier molecular flexibility index (Phi) is 5.20. The number of rotatable bonds is 5. The molecule has 1 nitrogen and oxygen atoms in total. The van der Waals surface area contributed by atoms with Crippen LogP contribution in [-0.2, 0) is 0 Å². The van der Waals surface area contributed by atoms with E-state index < -0.39 is 0 Å². The van der Waals surface area contributed by atoms with E-state index >= 15 is 0 Å². The average molecular weight is 314 g/mol. The lowest BCUT2D eigenvalue weighted by Crippen LogP contribution is -2.13. The first-order valence-electron chi connectivity index (χ1n) is 9.09. The Hall–Kier alpha value is -1.57. The Morgan fingerprint density at radius 1 is 1.04 bits per heavy atom. The molecule has 124 valence electrons. The van der Waals surface area contributed by atoms with Gasteiger partial charge in [-0.15, -0.1) is 0 Å². The molecule has 23 heavy (non-hydrogen) atoms. The van der Waals surface area contributed by atoms with Crippen LogP contribution in [0.5, 0.6) is 5.75 Å². The second kappa shape index (κ2) is 7.33. The van der Waals surface area contributed by atoms with Crippen LogP contribution < -0.4 is 0 Å². The van der Waals surface area contributed by atoms with Crippen LogP contribution in [0.3, 0.4) is 0 Å². The van der Waals surface area contributed by atoms with Crippen LogP contribution in [0.2, 0.25) is 0 Å². The summed E-state index contributed by atoms with van der Waals surface area (Å²) in [5.74, 6) is 1.28. The molecule has 0 heterocycles. The lowest BCUT2D eigenvalue weighted by Gasteiger charge is -2.29. The van der Waals surface area contributed by atoms with Crippen molar-refractivity contribution in [2.24, 2.45) is 5.92 Å². The molecule has 0 unspecified atom stereocenters. The Balaban J connectivity index is 1.69. The average Bonchev–Trinajstić information content (AvgIpc) is 2.56. The Labute approximate surface area is 138 Å². The van der Waals surface area contributed by atoms with Crippen LogP contribution in [0.25, 0.3) is 10.8 Å². The van der Waals surface area contributed by atoms with Gasteiger partial charge in [0.05, 0.1) is 0 Å². The van der Waals surface area contributed by atoms with Crippen molar-refractivity contribution >= 4 is 10.8 Å². The van der Waals surface area contributed by atoms with Gasteiger partial charge in [0.15, 0.2) is 0 Å². The molecule has 2 aromatic rings. The zero-order valence-corrected chi connectivity index (χ0v) is 14.0. The molecule has 2 aromatic carbocycles. The molecule has 1 fully saturated rings. The van der Waals surface area contributed by atoms with Gasteiger partial charge >= 0.3 is 0 Å². The van der Waals surface area contributed by atoms with Crippen LogP contribution in [0.4, 0.5) is 4.39 Å². The van der Waals surface area contributed by atoms with Crippen molar-refractivity contribution in [2.45, 2.75) is 64.2 Å². The second-order valence-corrected chi connectivity index (χ2v) is 7.12. The molecular weight excluding hydrogens is 287 g/mol. The molecule has 0 saturated heterocycles. The van der Waals surface area contributed by atoms with Crippen molar-refractivity contribution in [1.29, 1.82) is 0 Å². The van der Waals surface area contributed by atoms with Crippen LogP contribution in [0.1, 0.15) is 69.8 Å². The lowest BCUT2D eigenvalue weighted by atomic mass is 9.76. The minimum Gasteiger partial charge on any atom is -0.508 e. The first-order chi connectivity index (χ1) is 11.2. The van der Waals surface area contributed by atoms with Crippen LogP contribution in [0.15, 0.2) is 30.3 Å². The topological polar surface area (TPSA) is 20.2 Å². The SMILES string of the molecule is CCCCCC1CCC(c2cc(F)c3cc(O)ccc3c2)CC1. The van der Waals surface area contributed by atoms with Crippen LogP contribution >= 0.6 is 0 Å². The van der Waals surface area contributed by atoms with Crippen molar-refractivity contribution in [1.82, 2.24) is 0 Å². The highest BCUT2D eigenvalue weighted by Crippen LogP contribution is 2.39. The van der Waals surface area contributed by atoms with E-state index in [2.05, 4.69) is 13.0 Å². The van der Waals surface area contributed by atoms with E-state index in [1.807, 2.05) is 6.07 Å². The van der Waals surface area contributed by atoms with E-state index in [9.17, 15) is 9.50 Å². The van der Waals surface area contributed by atoms with Gasteiger partial charge in [0.25, 0.3) is 0 Å². The fourth-order valence-electron chi connectivity index (χ4n) is 4.03. The maximum atomic E-state index is 14.4. The number of benzene rings is 2. The molecule has 2 heteroatoms. The van der Waals surface area contributed by atoms with E-state index in [-0.39, 0.29) is 11.6 Å². The van der Waals surface area contributed by atoms with Gasteiger partial charge in [0.2, 0.25) is 0 Å². The summed E-state index contributed by atoms with van der Waals surface area (Å²) >= 11 is 0. The summed E-state index contributed by atoms with van der Waals surface area (Å²) in [6.45, 7) is 2.25. The summed E-state index contributed by atoms with van der Waals surface area (Å²) in [5, 5.41) is 10.9. The number of halogens is 1. The number of phenols is 1. The number of phenolic OH excluding ortho intramolecular Hbond substituents is 1. The molecule has 1 aliphatic carbocycles. The number of fused-ring (bicyclic) bond motifs is 1. The molecule has 0 spiro atoms. The lowest BCUT2D eigenvalue weighted by molar-refractivity contribution is 0.302. The molecule has 0 amide bonds. The number of aromatic hydroxyl groups is 1. The van der Waals surface area contributed by atoms with Gasteiger partial charge in [-0.2, -0.15) is 0 Å². The van der Waals surface area contributed by atoms with Crippen molar-refractivity contribution in [2.75, 3.05) is 0 Å². The maximum Gasteiger partial charge on any atom is 0.131 e. The van der Waals surface area contributed by atoms with Crippen molar-refractivity contribution < 1.29 is 9.50 Å². The van der Waals surface area contributed by atoms with Gasteiger partial charge in [0, 0.05) is 5.39 Å². The number of hydrogen-bond acceptors (Lipinski definition) is 1. The second-order valence-electron chi connectivity index (χ2n) is 7.12. The van der Waals surface area contributed by atoms with E-state index in [4.69, 9.17) is 0 Å². The van der Waals surface area contributed by atoms with E-state index in [1.165, 1.54) is 57.4 Å². The zero-order valence-electron chi connectivity index (χ0n) is 14.0. The monoisotopic (exact) mass is 314 g/mol. The van der Waals surface area contributed by atoms with Crippen molar-refractivity contribution in [3.8, 4) is 5.75 Å². The highest BCUT2D eigenvalue weighted by Gasteiger charge is 2.23. The van der Waals surface area contributed by atoms with Crippen molar-refractivity contribution in [3.63, 3.8) is 0 Å². The summed E-state index contributed by atoms with van der Waals surface area (Å²) in [5.41, 5.74) is 1.13. The number of hydrogen-bond donors (Lipinski definition) is 1. The van der Waals surface area contributed by atoms with Crippen LogP contribution in [0, 0.1) is 11.7 Å². The normalized spacial score (nSPS) is 21.7. The largest absolute Gasteiger partial charge is 0.508 e. The van der Waals surface area contributed by atoms with Gasteiger partial charge in [-0.1, -0.05) is 44.7 Å². The van der Waals surface area contributed by atoms with Gasteiger partial charge in [-0.25, -0.2) is 4.39 Å². The summed E-state index contributed by atoms with van der Waals surface area (Å²) in [6, 6.07) is 8.76. The molecule has 1 N–H and O–H groups in total. The molecule has 0 radical (unpaired) electrons. The zero-order chi connectivity index (χ0) is 16.2. The van der Waals surface area contributed by atoms with Gasteiger partial charge < -0.3 is 5.11 Å². The fraction of sp³-hybridized carbons (Fsp3) is 0.524. The first-order valence-corrected chi connectivity index (χ1v) is 9.09. The maximum absolute atomic E-state index is 14.4. The molecule has 0 aliphatic heterocycles. The summed E-state index contributed by atoms with van der Waals surface area (Å²) < 4.78 is 14.4. The van der Waals surface area contributed by atoms with Gasteiger partial charge in [0.1, 0.15) is 11.6 Å². The first kappa shape index (κ1) is 16.3. The quantitative estimate of drug-likeness (QED) is 0.621. The Bertz CT molecular complexity index is 656. The smallest absolute Gasteiger partial charge is 0.131 e. The minimum atomic E-state index is -0.210. The third-order valence-electron chi connectivity index (χ3n) is 5.44. The summed E-state index contributed by atoms with van der Waals surface area (Å²) in [4.78, 5) is 0. The predicted molar refractivity (Wildman–Crippen MR) is 94.4 cm³/mol. The Morgan fingerprint density at radius 2 is 1.83 bits per heavy atom. The van der Waals surface area contributed by atoms with E-state index in [0.717, 1.165) is 16.9 Å². The molecule has 0 aromatic heterocycles. The molecule has 1 aliphatic rings. The van der Waals surface area contributed by atoms with E-state index in [1.54, 1.807) is 12.1 Å². The predicted octanol–water partition coefficient (Wildman–Crippen LogP) is 6.54. The molecule has 0 atom stereocenters. The summed E-state index contributed by atoms with van der Waals surface area (Å²) in [7, 11) is 0. The Morgan fingerprint density at radius 3 is 2.57 bits per heavy atom. The number of unbranched alkanes of at least 4 members (excludes halogenated alkanes) is 2. The van der Waals surface area contributed by atoms with Gasteiger partial charge in [-0.3, -0.25) is 0 Å². The molecular formula is C21H27FO. The third-order valence-corrected chi connectivity index (χ3v) is 5.44. The minimum absolute atomic E-state index is 0.122. The highest BCUT2D eigenvalue weighted by atomic mass is 19.1. The standard InChI is InChI=1S/C21H27FO/c1-2-3-4-5-15-6-8-16(9-7-15)18-12-17-10-11-19(23)14-20(17)21(22)13-18/h10-16,23H,2-9H2,1H3. The fourth-order valence-corrected chi connectivity index (χ4v) is 4.03.